The number of nitrogens with one attached hydrogen (secondary N) is 1. The van der Waals surface area contributed by atoms with Gasteiger partial charge in [0.1, 0.15) is 5.60 Å². The Morgan fingerprint density at radius 3 is 2.11 bits per heavy atom. The minimum absolute atomic E-state index is 0.107. The Labute approximate surface area is 114 Å². The molecule has 108 valence electrons. The van der Waals surface area contributed by atoms with Crippen molar-refractivity contribution in [2.75, 3.05) is 6.54 Å². The molecule has 0 amide bonds. The molecule has 0 aliphatic heterocycles. The molecule has 18 heavy (non-hydrogen) atoms. The van der Waals surface area contributed by atoms with Crippen molar-refractivity contribution in [1.29, 1.82) is 0 Å². The fraction of sp³-hybridized carbons (Fsp3) is 0.875. The zero-order valence-electron chi connectivity index (χ0n) is 13.0. The van der Waals surface area contributed by atoms with E-state index >= 15 is 0 Å². The van der Waals surface area contributed by atoms with Gasteiger partial charge in [-0.1, -0.05) is 52.4 Å². The Balaban J connectivity index is 3.36. The van der Waals surface area contributed by atoms with Gasteiger partial charge in [-0.05, 0) is 33.3 Å². The second-order valence-electron chi connectivity index (χ2n) is 5.69. The maximum absolute atomic E-state index is 5.74. The van der Waals surface area contributed by atoms with Crippen LogP contribution in [0.25, 0.3) is 0 Å². The van der Waals surface area contributed by atoms with Gasteiger partial charge in [0.15, 0.2) is 5.88 Å². The smallest absolute Gasteiger partial charge is 0.179 e. The van der Waals surface area contributed by atoms with Crippen LogP contribution in [0.2, 0.25) is 0 Å². The third-order valence-corrected chi connectivity index (χ3v) is 3.35. The number of unbranched alkanes of at least 4 members (excludes halogenated alkanes) is 6. The lowest BCUT2D eigenvalue weighted by Gasteiger charge is -2.26. The lowest BCUT2D eigenvalue weighted by atomic mass is 10.1. The van der Waals surface area contributed by atoms with E-state index in [1.807, 2.05) is 0 Å². The van der Waals surface area contributed by atoms with Crippen molar-refractivity contribution in [2.24, 2.45) is 0 Å². The molecule has 0 saturated heterocycles. The molecule has 0 radical (unpaired) electrons. The molecule has 2 heteroatoms. The fourth-order valence-electron chi connectivity index (χ4n) is 1.75. The van der Waals surface area contributed by atoms with Gasteiger partial charge in [-0.15, -0.1) is 0 Å². The summed E-state index contributed by atoms with van der Waals surface area (Å²) in [6.45, 7) is 13.5. The highest BCUT2D eigenvalue weighted by Crippen LogP contribution is 2.16. The van der Waals surface area contributed by atoms with E-state index in [9.17, 15) is 0 Å². The second-order valence-corrected chi connectivity index (χ2v) is 5.69. The summed E-state index contributed by atoms with van der Waals surface area (Å²) in [5.41, 5.74) is -0.107. The zero-order valence-corrected chi connectivity index (χ0v) is 13.0. The third-order valence-electron chi connectivity index (χ3n) is 3.35. The van der Waals surface area contributed by atoms with E-state index in [4.69, 9.17) is 4.74 Å². The van der Waals surface area contributed by atoms with Crippen molar-refractivity contribution in [1.82, 2.24) is 5.32 Å². The summed E-state index contributed by atoms with van der Waals surface area (Å²) in [4.78, 5) is 0. The van der Waals surface area contributed by atoms with E-state index in [0.717, 1.165) is 13.0 Å². The summed E-state index contributed by atoms with van der Waals surface area (Å²) in [5, 5.41) is 3.26. The quantitative estimate of drug-likeness (QED) is 0.391. The van der Waals surface area contributed by atoms with Crippen LogP contribution in [0.15, 0.2) is 12.5 Å². The van der Waals surface area contributed by atoms with E-state index in [0.29, 0.717) is 5.88 Å². The molecule has 0 fully saturated rings. The van der Waals surface area contributed by atoms with Crippen LogP contribution in [-0.2, 0) is 4.74 Å². The third kappa shape index (κ3) is 10.5. The normalized spacial score (nSPS) is 11.3. The topological polar surface area (TPSA) is 21.3 Å². The first-order chi connectivity index (χ1) is 8.52. The first-order valence-electron chi connectivity index (χ1n) is 7.63. The van der Waals surface area contributed by atoms with E-state index in [1.54, 1.807) is 0 Å². The molecular formula is C16H33NO. The van der Waals surface area contributed by atoms with Gasteiger partial charge in [0.25, 0.3) is 0 Å². The highest BCUT2D eigenvalue weighted by atomic mass is 16.5. The van der Waals surface area contributed by atoms with Crippen molar-refractivity contribution in [3.05, 3.63) is 12.5 Å². The van der Waals surface area contributed by atoms with Gasteiger partial charge in [-0.25, -0.2) is 0 Å². The van der Waals surface area contributed by atoms with Crippen molar-refractivity contribution in [3.63, 3.8) is 0 Å². The first-order valence-corrected chi connectivity index (χ1v) is 7.63. The second kappa shape index (κ2) is 10.3. The fourth-order valence-corrected chi connectivity index (χ4v) is 1.75. The molecule has 0 aliphatic carbocycles. The monoisotopic (exact) mass is 255 g/mol. The highest BCUT2D eigenvalue weighted by Gasteiger charge is 2.16. The van der Waals surface area contributed by atoms with Gasteiger partial charge in [-0.2, -0.15) is 0 Å². The van der Waals surface area contributed by atoms with Gasteiger partial charge < -0.3 is 10.1 Å². The van der Waals surface area contributed by atoms with Crippen LogP contribution in [0.5, 0.6) is 0 Å². The van der Waals surface area contributed by atoms with Gasteiger partial charge in [0, 0.05) is 6.54 Å². The number of hydrogen-bond acceptors (Lipinski definition) is 2. The molecule has 2 nitrogen and oxygen atoms in total. The van der Waals surface area contributed by atoms with E-state index in [1.165, 1.54) is 44.9 Å². The van der Waals surface area contributed by atoms with Crippen LogP contribution in [0.3, 0.4) is 0 Å². The SMILES string of the molecule is C=C(NCCCCCCCCC)OC(C)(C)CC. The lowest BCUT2D eigenvalue weighted by Crippen LogP contribution is -2.28. The summed E-state index contributed by atoms with van der Waals surface area (Å²) < 4.78 is 5.74. The van der Waals surface area contributed by atoms with Crippen molar-refractivity contribution >= 4 is 0 Å². The predicted octanol–water partition coefficient (Wildman–Crippen LogP) is 5.00. The molecule has 0 rings (SSSR count). The molecule has 0 aliphatic rings. The highest BCUT2D eigenvalue weighted by molar-refractivity contribution is 4.83. The standard InChI is InChI=1S/C16H33NO/c1-6-8-9-10-11-12-13-14-17-15(3)18-16(4,5)7-2/h17H,3,6-14H2,1-2,4-5H3. The molecule has 0 aromatic heterocycles. The van der Waals surface area contributed by atoms with E-state index in [2.05, 4.69) is 39.6 Å². The van der Waals surface area contributed by atoms with Gasteiger partial charge in [0.2, 0.25) is 0 Å². The summed E-state index contributed by atoms with van der Waals surface area (Å²) >= 11 is 0. The van der Waals surface area contributed by atoms with Crippen LogP contribution in [0.1, 0.15) is 79.1 Å². The summed E-state index contributed by atoms with van der Waals surface area (Å²) in [6, 6.07) is 0. The minimum Gasteiger partial charge on any atom is -0.474 e. The molecule has 0 spiro atoms. The number of rotatable bonds is 12. The van der Waals surface area contributed by atoms with Crippen molar-refractivity contribution in [3.8, 4) is 0 Å². The molecular weight excluding hydrogens is 222 g/mol. The van der Waals surface area contributed by atoms with Crippen molar-refractivity contribution < 1.29 is 4.74 Å². The van der Waals surface area contributed by atoms with Gasteiger partial charge in [0.05, 0.1) is 0 Å². The van der Waals surface area contributed by atoms with E-state index in [-0.39, 0.29) is 5.60 Å². The first kappa shape index (κ1) is 17.3. The maximum atomic E-state index is 5.74. The largest absolute Gasteiger partial charge is 0.474 e. The van der Waals surface area contributed by atoms with E-state index < -0.39 is 0 Å². The van der Waals surface area contributed by atoms with Gasteiger partial charge in [-0.3, -0.25) is 0 Å². The Morgan fingerprint density at radius 1 is 1.00 bits per heavy atom. The van der Waals surface area contributed by atoms with Crippen LogP contribution >= 0.6 is 0 Å². The molecule has 0 aromatic rings. The van der Waals surface area contributed by atoms with Crippen LogP contribution in [-0.4, -0.2) is 12.1 Å². The molecule has 0 unspecified atom stereocenters. The number of hydrogen-bond donors (Lipinski definition) is 1. The van der Waals surface area contributed by atoms with Crippen LogP contribution in [0.4, 0.5) is 0 Å². The van der Waals surface area contributed by atoms with Crippen LogP contribution in [0, 0.1) is 0 Å². The van der Waals surface area contributed by atoms with Crippen molar-refractivity contribution in [2.45, 2.75) is 84.7 Å². The molecule has 0 bridgehead atoms. The zero-order chi connectivity index (χ0) is 13.9. The van der Waals surface area contributed by atoms with Crippen LogP contribution < -0.4 is 5.32 Å². The number of ether oxygens (including phenoxy) is 1. The Morgan fingerprint density at radius 2 is 1.56 bits per heavy atom. The predicted molar refractivity (Wildman–Crippen MR) is 80.6 cm³/mol. The minimum atomic E-state index is -0.107. The Bertz CT molecular complexity index is 211. The summed E-state index contributed by atoms with van der Waals surface area (Å²) in [7, 11) is 0. The summed E-state index contributed by atoms with van der Waals surface area (Å²) in [6.07, 6.45) is 10.3. The average Bonchev–Trinajstić information content (AvgIpc) is 2.32. The molecule has 0 saturated carbocycles. The van der Waals surface area contributed by atoms with Gasteiger partial charge >= 0.3 is 0 Å². The Kier molecular flexibility index (Phi) is 9.90. The Hall–Kier alpha value is -0.660. The maximum Gasteiger partial charge on any atom is 0.179 e. The summed E-state index contributed by atoms with van der Waals surface area (Å²) in [5.74, 6) is 0.716. The average molecular weight is 255 g/mol. The molecule has 0 atom stereocenters. The lowest BCUT2D eigenvalue weighted by molar-refractivity contribution is 0.0219. The molecule has 0 heterocycles. The molecule has 1 N–H and O–H groups in total. The molecule has 0 aromatic carbocycles.